The highest BCUT2D eigenvalue weighted by Crippen LogP contribution is 2.23. The average molecular weight is 296 g/mol. The first-order valence-corrected chi connectivity index (χ1v) is 6.90. The molecule has 108 valence electrons. The third-order valence-corrected chi connectivity index (χ3v) is 3.87. The van der Waals surface area contributed by atoms with Crippen molar-refractivity contribution in [1.82, 2.24) is 15.1 Å². The molecular weight excluding hydrogens is 280 g/mol. The number of nitrogens with one attached hydrogen (secondary N) is 1. The van der Waals surface area contributed by atoms with E-state index in [1.807, 2.05) is 0 Å². The van der Waals surface area contributed by atoms with E-state index in [2.05, 4.69) is 10.4 Å². The van der Waals surface area contributed by atoms with Gasteiger partial charge in [0.2, 0.25) is 0 Å². The van der Waals surface area contributed by atoms with E-state index < -0.39 is 10.5 Å². The first-order valence-electron chi connectivity index (χ1n) is 6.02. The molecule has 2 rings (SSSR count). The summed E-state index contributed by atoms with van der Waals surface area (Å²) in [5.74, 6) is 0. The third-order valence-electron chi connectivity index (χ3n) is 2.94. The summed E-state index contributed by atoms with van der Waals surface area (Å²) in [5, 5.41) is 29.9. The Labute approximate surface area is 120 Å². The van der Waals surface area contributed by atoms with E-state index in [4.69, 9.17) is 0 Å². The minimum atomic E-state index is -1.03. The first-order chi connectivity index (χ1) is 9.38. The van der Waals surface area contributed by atoms with Gasteiger partial charge in [-0.25, -0.2) is 0 Å². The predicted octanol–water partition coefficient (Wildman–Crippen LogP) is 1.39. The first kappa shape index (κ1) is 14.6. The SMILES string of the molecule is Cn1cc(C(C)(O)CNCc2csc([N+](=O)[O-])c2)cn1. The monoisotopic (exact) mass is 296 g/mol. The fourth-order valence-electron chi connectivity index (χ4n) is 1.80. The van der Waals surface area contributed by atoms with Crippen molar-refractivity contribution in [3.8, 4) is 0 Å². The fraction of sp³-hybridized carbons (Fsp3) is 0.417. The van der Waals surface area contributed by atoms with Crippen molar-refractivity contribution in [2.75, 3.05) is 6.54 Å². The highest BCUT2D eigenvalue weighted by molar-refractivity contribution is 7.13. The van der Waals surface area contributed by atoms with E-state index in [-0.39, 0.29) is 5.00 Å². The second kappa shape index (κ2) is 5.70. The van der Waals surface area contributed by atoms with Crippen LogP contribution in [-0.2, 0) is 19.2 Å². The van der Waals surface area contributed by atoms with E-state index in [1.165, 1.54) is 6.07 Å². The lowest BCUT2D eigenvalue weighted by Crippen LogP contribution is -2.34. The van der Waals surface area contributed by atoms with Crippen molar-refractivity contribution in [2.24, 2.45) is 7.05 Å². The standard InChI is InChI=1S/C12H16N4O3S/c1-12(17,10-5-14-15(2)6-10)8-13-4-9-3-11(16(18)19)20-7-9/h3,5-7,13,17H,4,8H2,1-2H3. The van der Waals surface area contributed by atoms with Crippen molar-refractivity contribution in [2.45, 2.75) is 19.1 Å². The maximum Gasteiger partial charge on any atom is 0.324 e. The predicted molar refractivity (Wildman–Crippen MR) is 75.5 cm³/mol. The summed E-state index contributed by atoms with van der Waals surface area (Å²) in [6, 6.07) is 1.54. The number of nitrogens with zero attached hydrogens (tertiary/aromatic N) is 3. The van der Waals surface area contributed by atoms with Gasteiger partial charge >= 0.3 is 5.00 Å². The van der Waals surface area contributed by atoms with Gasteiger partial charge in [-0.1, -0.05) is 11.3 Å². The van der Waals surface area contributed by atoms with Crippen LogP contribution in [0.15, 0.2) is 23.8 Å². The molecule has 2 heterocycles. The van der Waals surface area contributed by atoms with Gasteiger partial charge in [0.05, 0.1) is 11.1 Å². The topological polar surface area (TPSA) is 93.2 Å². The Morgan fingerprint density at radius 1 is 1.65 bits per heavy atom. The summed E-state index contributed by atoms with van der Waals surface area (Å²) in [5.41, 5.74) is 0.531. The van der Waals surface area contributed by atoms with Gasteiger partial charge in [-0.05, 0) is 12.5 Å². The number of nitro groups is 1. The minimum Gasteiger partial charge on any atom is -0.384 e. The van der Waals surface area contributed by atoms with Crippen LogP contribution in [0.2, 0.25) is 0 Å². The number of thiophene rings is 1. The number of aliphatic hydroxyl groups is 1. The molecule has 7 nitrogen and oxygen atoms in total. The Bertz CT molecular complexity index is 605. The molecule has 20 heavy (non-hydrogen) atoms. The highest BCUT2D eigenvalue weighted by atomic mass is 32.1. The van der Waals surface area contributed by atoms with E-state index in [9.17, 15) is 15.2 Å². The molecule has 1 atom stereocenters. The molecule has 2 aromatic rings. The van der Waals surface area contributed by atoms with Crippen LogP contribution in [0.25, 0.3) is 0 Å². The third kappa shape index (κ3) is 3.41. The number of hydrogen-bond donors (Lipinski definition) is 2. The summed E-state index contributed by atoms with van der Waals surface area (Å²) in [6.07, 6.45) is 3.38. The van der Waals surface area contributed by atoms with Crippen LogP contribution in [0.3, 0.4) is 0 Å². The summed E-state index contributed by atoms with van der Waals surface area (Å²) in [6.45, 7) is 2.51. The van der Waals surface area contributed by atoms with Crippen molar-refractivity contribution in [3.63, 3.8) is 0 Å². The molecule has 0 spiro atoms. The molecule has 0 saturated carbocycles. The molecule has 8 heteroatoms. The van der Waals surface area contributed by atoms with E-state index in [1.54, 1.807) is 36.4 Å². The van der Waals surface area contributed by atoms with Gasteiger partial charge in [0.15, 0.2) is 0 Å². The van der Waals surface area contributed by atoms with Gasteiger partial charge in [0, 0.05) is 43.3 Å². The lowest BCUT2D eigenvalue weighted by Gasteiger charge is -2.22. The van der Waals surface area contributed by atoms with Gasteiger partial charge in [0.1, 0.15) is 5.60 Å². The summed E-state index contributed by atoms with van der Waals surface area (Å²) >= 11 is 1.10. The molecule has 0 radical (unpaired) electrons. The zero-order valence-electron chi connectivity index (χ0n) is 11.2. The van der Waals surface area contributed by atoms with Gasteiger partial charge in [-0.2, -0.15) is 5.10 Å². The fourth-order valence-corrected chi connectivity index (χ4v) is 2.53. The highest BCUT2D eigenvalue weighted by Gasteiger charge is 2.24. The second-order valence-corrected chi connectivity index (χ2v) is 5.72. The maximum absolute atomic E-state index is 10.6. The molecule has 0 saturated heterocycles. The molecule has 2 N–H and O–H groups in total. The van der Waals surface area contributed by atoms with Crippen molar-refractivity contribution in [1.29, 1.82) is 0 Å². The smallest absolute Gasteiger partial charge is 0.324 e. The van der Waals surface area contributed by atoms with Crippen LogP contribution in [0.1, 0.15) is 18.1 Å². The van der Waals surface area contributed by atoms with Gasteiger partial charge in [-0.3, -0.25) is 14.8 Å². The summed E-state index contributed by atoms with van der Waals surface area (Å²) in [4.78, 5) is 10.2. The zero-order valence-corrected chi connectivity index (χ0v) is 12.1. The largest absolute Gasteiger partial charge is 0.384 e. The Hall–Kier alpha value is -1.77. The van der Waals surface area contributed by atoms with E-state index in [0.717, 1.165) is 22.5 Å². The van der Waals surface area contributed by atoms with Gasteiger partial charge in [0.25, 0.3) is 0 Å². The van der Waals surface area contributed by atoms with Crippen molar-refractivity contribution >= 4 is 16.3 Å². The van der Waals surface area contributed by atoms with Crippen LogP contribution >= 0.6 is 11.3 Å². The van der Waals surface area contributed by atoms with Crippen molar-refractivity contribution in [3.05, 3.63) is 45.1 Å². The van der Waals surface area contributed by atoms with Gasteiger partial charge in [-0.15, -0.1) is 0 Å². The summed E-state index contributed by atoms with van der Waals surface area (Å²) in [7, 11) is 1.79. The number of hydrogen-bond acceptors (Lipinski definition) is 6. The van der Waals surface area contributed by atoms with E-state index >= 15 is 0 Å². The molecule has 0 aliphatic rings. The molecule has 0 aliphatic heterocycles. The Kier molecular flexibility index (Phi) is 4.17. The lowest BCUT2D eigenvalue weighted by atomic mass is 10.00. The molecule has 0 fully saturated rings. The summed E-state index contributed by atoms with van der Waals surface area (Å²) < 4.78 is 1.63. The van der Waals surface area contributed by atoms with Gasteiger partial charge < -0.3 is 10.4 Å². The molecule has 0 aromatic carbocycles. The number of aromatic nitrogens is 2. The molecule has 0 aliphatic carbocycles. The molecule has 0 amide bonds. The Morgan fingerprint density at radius 3 is 2.95 bits per heavy atom. The van der Waals surface area contributed by atoms with Crippen LogP contribution < -0.4 is 5.32 Å². The molecular formula is C12H16N4O3S. The van der Waals surface area contributed by atoms with Crippen LogP contribution in [0.4, 0.5) is 5.00 Å². The lowest BCUT2D eigenvalue weighted by molar-refractivity contribution is -0.380. The van der Waals surface area contributed by atoms with Crippen molar-refractivity contribution < 1.29 is 10.0 Å². The molecule has 1 unspecified atom stereocenters. The Balaban J connectivity index is 1.90. The second-order valence-electron chi connectivity index (χ2n) is 4.83. The minimum absolute atomic E-state index is 0.126. The molecule has 0 bridgehead atoms. The van der Waals surface area contributed by atoms with Crippen LogP contribution in [0, 0.1) is 10.1 Å². The zero-order chi connectivity index (χ0) is 14.8. The van der Waals surface area contributed by atoms with E-state index in [0.29, 0.717) is 13.1 Å². The van der Waals surface area contributed by atoms with Crippen LogP contribution in [0.5, 0.6) is 0 Å². The molecule has 2 aromatic heterocycles. The van der Waals surface area contributed by atoms with Crippen LogP contribution in [-0.4, -0.2) is 26.4 Å². The average Bonchev–Trinajstić information content (AvgIpc) is 2.98. The Morgan fingerprint density at radius 2 is 2.40 bits per heavy atom. The normalized spacial score (nSPS) is 14.2. The number of aryl methyl sites for hydroxylation is 1. The maximum atomic E-state index is 10.6. The number of rotatable bonds is 6. The quantitative estimate of drug-likeness (QED) is 0.620.